The second-order valence-corrected chi connectivity index (χ2v) is 4.73. The summed E-state index contributed by atoms with van der Waals surface area (Å²) in [4.78, 5) is 0. The Hall–Kier alpha value is -1.74. The lowest BCUT2D eigenvalue weighted by atomic mass is 10.1. The van der Waals surface area contributed by atoms with E-state index in [2.05, 4.69) is 11.4 Å². The third-order valence-electron chi connectivity index (χ3n) is 3.13. The van der Waals surface area contributed by atoms with Gasteiger partial charge in [0.1, 0.15) is 11.6 Å². The first kappa shape index (κ1) is 13.7. The Morgan fingerprint density at radius 2 is 1.68 bits per heavy atom. The van der Waals surface area contributed by atoms with Crippen molar-refractivity contribution in [3.8, 4) is 0 Å². The number of nitrogens with one attached hydrogen (secondary N) is 1. The Labute approximate surface area is 112 Å². The maximum atomic E-state index is 13.6. The van der Waals surface area contributed by atoms with E-state index in [-0.39, 0.29) is 11.6 Å². The average molecular weight is 261 g/mol. The van der Waals surface area contributed by atoms with E-state index in [1.165, 1.54) is 23.8 Å². The normalized spacial score (nSPS) is 12.4. The van der Waals surface area contributed by atoms with Crippen molar-refractivity contribution in [3.05, 3.63) is 70.8 Å². The second-order valence-electron chi connectivity index (χ2n) is 4.73. The molecule has 0 amide bonds. The second kappa shape index (κ2) is 5.93. The molecule has 0 aliphatic rings. The van der Waals surface area contributed by atoms with Gasteiger partial charge in [0.15, 0.2) is 0 Å². The summed E-state index contributed by atoms with van der Waals surface area (Å²) in [6.45, 7) is 4.36. The Kier molecular flexibility index (Phi) is 4.27. The highest BCUT2D eigenvalue weighted by atomic mass is 19.1. The minimum Gasteiger partial charge on any atom is -0.306 e. The first-order valence-electron chi connectivity index (χ1n) is 6.31. The lowest BCUT2D eigenvalue weighted by molar-refractivity contribution is 0.487. The van der Waals surface area contributed by atoms with Crippen molar-refractivity contribution in [1.82, 2.24) is 5.32 Å². The van der Waals surface area contributed by atoms with E-state index < -0.39 is 11.6 Å². The van der Waals surface area contributed by atoms with Crippen LogP contribution in [0.15, 0.2) is 42.5 Å². The molecule has 0 saturated carbocycles. The highest BCUT2D eigenvalue weighted by molar-refractivity contribution is 5.24. The first-order chi connectivity index (χ1) is 9.08. The monoisotopic (exact) mass is 261 g/mol. The van der Waals surface area contributed by atoms with Crippen LogP contribution in [0.25, 0.3) is 0 Å². The predicted octanol–water partition coefficient (Wildman–Crippen LogP) is 4.12. The van der Waals surface area contributed by atoms with Gasteiger partial charge in [0.05, 0.1) is 0 Å². The molecule has 1 atom stereocenters. The van der Waals surface area contributed by atoms with E-state index in [0.29, 0.717) is 6.54 Å². The van der Waals surface area contributed by atoms with Crippen LogP contribution >= 0.6 is 0 Å². The molecule has 19 heavy (non-hydrogen) atoms. The molecule has 1 unspecified atom stereocenters. The molecule has 0 aromatic heterocycles. The number of rotatable bonds is 4. The van der Waals surface area contributed by atoms with Gasteiger partial charge in [-0.05, 0) is 31.5 Å². The van der Waals surface area contributed by atoms with E-state index >= 15 is 0 Å². The summed E-state index contributed by atoms with van der Waals surface area (Å²) in [6, 6.07) is 11.6. The van der Waals surface area contributed by atoms with Crippen LogP contribution in [-0.2, 0) is 6.54 Å². The summed E-state index contributed by atoms with van der Waals surface area (Å²) < 4.78 is 27.2. The van der Waals surface area contributed by atoms with Crippen molar-refractivity contribution in [1.29, 1.82) is 0 Å². The van der Waals surface area contributed by atoms with Gasteiger partial charge < -0.3 is 5.32 Å². The van der Waals surface area contributed by atoms with E-state index in [1.807, 2.05) is 25.1 Å². The summed E-state index contributed by atoms with van der Waals surface area (Å²) in [5, 5.41) is 3.14. The zero-order chi connectivity index (χ0) is 13.8. The minimum atomic E-state index is -0.510. The topological polar surface area (TPSA) is 12.0 Å². The van der Waals surface area contributed by atoms with Crippen LogP contribution in [0.2, 0.25) is 0 Å². The standard InChI is InChI=1S/C16H17F2N/c1-11-5-3-6-13(9-11)10-19-12(2)16-14(17)7-4-8-15(16)18/h3-9,12,19H,10H2,1-2H3. The molecule has 100 valence electrons. The molecule has 1 N–H and O–H groups in total. The van der Waals surface area contributed by atoms with Gasteiger partial charge in [0.25, 0.3) is 0 Å². The fourth-order valence-corrected chi connectivity index (χ4v) is 2.12. The van der Waals surface area contributed by atoms with Gasteiger partial charge >= 0.3 is 0 Å². The average Bonchev–Trinajstić information content (AvgIpc) is 2.36. The van der Waals surface area contributed by atoms with Crippen molar-refractivity contribution in [2.75, 3.05) is 0 Å². The number of aryl methyl sites for hydroxylation is 1. The lowest BCUT2D eigenvalue weighted by Gasteiger charge is -2.16. The van der Waals surface area contributed by atoms with E-state index in [0.717, 1.165) is 5.56 Å². The third-order valence-corrected chi connectivity index (χ3v) is 3.13. The summed E-state index contributed by atoms with van der Waals surface area (Å²) in [5.41, 5.74) is 2.36. The lowest BCUT2D eigenvalue weighted by Crippen LogP contribution is -2.20. The molecule has 0 aliphatic heterocycles. The van der Waals surface area contributed by atoms with Crippen LogP contribution in [0.3, 0.4) is 0 Å². The maximum absolute atomic E-state index is 13.6. The van der Waals surface area contributed by atoms with Gasteiger partial charge in [0.2, 0.25) is 0 Å². The summed E-state index contributed by atoms with van der Waals surface area (Å²) in [6.07, 6.45) is 0. The van der Waals surface area contributed by atoms with Crippen LogP contribution in [0.4, 0.5) is 8.78 Å². The molecule has 2 aromatic rings. The van der Waals surface area contributed by atoms with Gasteiger partial charge in [-0.25, -0.2) is 8.78 Å². The molecule has 3 heteroatoms. The van der Waals surface area contributed by atoms with Crippen LogP contribution in [-0.4, -0.2) is 0 Å². The summed E-state index contributed by atoms with van der Waals surface area (Å²) in [7, 11) is 0. The third kappa shape index (κ3) is 3.38. The molecule has 1 nitrogen and oxygen atoms in total. The predicted molar refractivity (Wildman–Crippen MR) is 72.8 cm³/mol. The fourth-order valence-electron chi connectivity index (χ4n) is 2.12. The molecule has 0 bridgehead atoms. The Balaban J connectivity index is 2.07. The Bertz CT molecular complexity index is 546. The highest BCUT2D eigenvalue weighted by Gasteiger charge is 2.15. The maximum Gasteiger partial charge on any atom is 0.130 e. The molecule has 0 aliphatic carbocycles. The van der Waals surface area contributed by atoms with E-state index in [4.69, 9.17) is 0 Å². The van der Waals surface area contributed by atoms with Crippen molar-refractivity contribution < 1.29 is 8.78 Å². The summed E-state index contributed by atoms with van der Waals surface area (Å²) in [5.74, 6) is -1.02. The number of hydrogen-bond acceptors (Lipinski definition) is 1. The van der Waals surface area contributed by atoms with Crippen LogP contribution < -0.4 is 5.32 Å². The quantitative estimate of drug-likeness (QED) is 0.872. The fraction of sp³-hybridized carbons (Fsp3) is 0.250. The molecule has 0 radical (unpaired) electrons. The Morgan fingerprint density at radius 3 is 2.32 bits per heavy atom. The van der Waals surface area contributed by atoms with E-state index in [9.17, 15) is 8.78 Å². The van der Waals surface area contributed by atoms with Crippen molar-refractivity contribution in [2.24, 2.45) is 0 Å². The van der Waals surface area contributed by atoms with Gasteiger partial charge in [-0.1, -0.05) is 35.9 Å². The first-order valence-corrected chi connectivity index (χ1v) is 6.31. The van der Waals surface area contributed by atoms with Crippen molar-refractivity contribution in [3.63, 3.8) is 0 Å². The van der Waals surface area contributed by atoms with Gasteiger partial charge in [-0.15, -0.1) is 0 Å². The summed E-state index contributed by atoms with van der Waals surface area (Å²) >= 11 is 0. The molecule has 0 spiro atoms. The number of halogens is 2. The molecular weight excluding hydrogens is 244 g/mol. The molecular formula is C16H17F2N. The SMILES string of the molecule is Cc1cccc(CNC(C)c2c(F)cccc2F)c1. The van der Waals surface area contributed by atoms with Crippen LogP contribution in [0.1, 0.15) is 29.7 Å². The molecule has 0 fully saturated rings. The minimum absolute atomic E-state index is 0.0927. The number of benzene rings is 2. The van der Waals surface area contributed by atoms with Crippen molar-refractivity contribution >= 4 is 0 Å². The molecule has 0 saturated heterocycles. The zero-order valence-electron chi connectivity index (χ0n) is 11.1. The molecule has 2 aromatic carbocycles. The molecule has 0 heterocycles. The number of hydrogen-bond donors (Lipinski definition) is 1. The van der Waals surface area contributed by atoms with Gasteiger partial charge in [-0.2, -0.15) is 0 Å². The van der Waals surface area contributed by atoms with Crippen molar-refractivity contribution in [2.45, 2.75) is 26.4 Å². The molecule has 2 rings (SSSR count). The van der Waals surface area contributed by atoms with Crippen LogP contribution in [0.5, 0.6) is 0 Å². The largest absolute Gasteiger partial charge is 0.306 e. The smallest absolute Gasteiger partial charge is 0.130 e. The van der Waals surface area contributed by atoms with Gasteiger partial charge in [-0.3, -0.25) is 0 Å². The zero-order valence-corrected chi connectivity index (χ0v) is 11.1. The van der Waals surface area contributed by atoms with E-state index in [1.54, 1.807) is 6.92 Å². The Morgan fingerprint density at radius 1 is 1.05 bits per heavy atom. The van der Waals surface area contributed by atoms with Crippen LogP contribution in [0, 0.1) is 18.6 Å². The van der Waals surface area contributed by atoms with Gasteiger partial charge in [0, 0.05) is 18.2 Å². The highest BCUT2D eigenvalue weighted by Crippen LogP contribution is 2.20.